The highest BCUT2D eigenvalue weighted by atomic mass is 16.3. The number of aryl methyl sites for hydroxylation is 1. The maximum atomic E-state index is 12.4. The van der Waals surface area contributed by atoms with Crippen molar-refractivity contribution in [3.05, 3.63) is 12.2 Å². The Bertz CT molecular complexity index is 556. The zero-order valence-corrected chi connectivity index (χ0v) is 14.8. The summed E-state index contributed by atoms with van der Waals surface area (Å²) in [4.78, 5) is 12.4. The molecule has 7 heteroatoms. The zero-order chi connectivity index (χ0) is 17.3. The molecule has 2 amide bonds. The fourth-order valence-corrected chi connectivity index (χ4v) is 4.22. The van der Waals surface area contributed by atoms with E-state index in [1.165, 1.54) is 0 Å². The van der Waals surface area contributed by atoms with E-state index in [9.17, 15) is 9.90 Å². The molecule has 3 N–H and O–H groups in total. The van der Waals surface area contributed by atoms with Crippen LogP contribution >= 0.6 is 0 Å². The Morgan fingerprint density at radius 2 is 2.22 bits per heavy atom. The Balaban J connectivity index is 2.03. The van der Waals surface area contributed by atoms with E-state index in [1.54, 1.807) is 10.9 Å². The maximum absolute atomic E-state index is 12.4. The van der Waals surface area contributed by atoms with Crippen LogP contribution in [-0.2, 0) is 7.05 Å². The van der Waals surface area contributed by atoms with Gasteiger partial charge in [-0.25, -0.2) is 4.79 Å². The summed E-state index contributed by atoms with van der Waals surface area (Å²) in [6.07, 6.45) is 4.27. The number of hydrogen-bond acceptors (Lipinski definition) is 4. The lowest BCUT2D eigenvalue weighted by molar-refractivity contribution is 0.0430. The van der Waals surface area contributed by atoms with Gasteiger partial charge in [0.05, 0.1) is 18.2 Å². The summed E-state index contributed by atoms with van der Waals surface area (Å²) in [5.74, 6) is 1.15. The molecule has 0 saturated heterocycles. The molecule has 0 radical (unpaired) electrons. The van der Waals surface area contributed by atoms with Crippen LogP contribution in [0.1, 0.15) is 58.8 Å². The Hall–Kier alpha value is -1.63. The number of aromatic nitrogens is 3. The molecule has 7 nitrogen and oxygen atoms in total. The number of nitrogens with one attached hydrogen (secondary N) is 2. The molecule has 1 saturated carbocycles. The van der Waals surface area contributed by atoms with Gasteiger partial charge in [0, 0.05) is 7.05 Å². The summed E-state index contributed by atoms with van der Waals surface area (Å²) in [5, 5.41) is 23.7. The van der Waals surface area contributed by atoms with Crippen LogP contribution in [0.15, 0.2) is 6.33 Å². The molecule has 1 aromatic rings. The van der Waals surface area contributed by atoms with Crippen molar-refractivity contribution in [1.29, 1.82) is 0 Å². The number of carbonyl (C=O) groups is 1. The van der Waals surface area contributed by atoms with Gasteiger partial charge in [0.15, 0.2) is 5.82 Å². The Morgan fingerprint density at radius 1 is 1.52 bits per heavy atom. The van der Waals surface area contributed by atoms with Crippen molar-refractivity contribution in [3.8, 4) is 0 Å². The number of aliphatic hydroxyl groups excluding tert-OH is 1. The lowest BCUT2D eigenvalue weighted by Gasteiger charge is -2.47. The topological polar surface area (TPSA) is 92.1 Å². The van der Waals surface area contributed by atoms with Crippen molar-refractivity contribution >= 4 is 6.03 Å². The smallest absolute Gasteiger partial charge is 0.315 e. The van der Waals surface area contributed by atoms with Crippen molar-refractivity contribution in [2.45, 2.75) is 58.5 Å². The van der Waals surface area contributed by atoms with Crippen LogP contribution in [0.2, 0.25) is 0 Å². The fraction of sp³-hybridized carbons (Fsp3) is 0.812. The molecule has 1 aromatic heterocycles. The number of carbonyl (C=O) groups excluding carboxylic acids is 1. The number of amides is 2. The standard InChI is InChI=1S/C16H29N5O2/c1-11-6-15(3,4)8-16(7-11,9-22)19-14(23)18-12(2)13-20-17-10-21(13)5/h10-12,22H,6-9H2,1-5H3,(H2,18,19,23)/t11-,12+,16-/m1/s1. The largest absolute Gasteiger partial charge is 0.394 e. The van der Waals surface area contributed by atoms with E-state index < -0.39 is 5.54 Å². The SMILES string of the molecule is C[C@@H]1CC(C)(C)C[C@](CO)(NC(=O)N[C@@H](C)c2nncn2C)C1. The Kier molecular flexibility index (Phi) is 4.98. The van der Waals surface area contributed by atoms with Crippen LogP contribution in [-0.4, -0.2) is 38.0 Å². The normalized spacial score (nSPS) is 28.2. The van der Waals surface area contributed by atoms with Gasteiger partial charge in [-0.05, 0) is 37.5 Å². The molecule has 0 aromatic carbocycles. The minimum absolute atomic E-state index is 0.0491. The summed E-state index contributed by atoms with van der Waals surface area (Å²) in [6, 6.07) is -0.535. The lowest BCUT2D eigenvalue weighted by Crippen LogP contribution is -2.59. The minimum Gasteiger partial charge on any atom is -0.394 e. The minimum atomic E-state index is -0.565. The van der Waals surface area contributed by atoms with E-state index in [4.69, 9.17) is 0 Å². The average Bonchev–Trinajstić information content (AvgIpc) is 2.82. The molecule has 0 bridgehead atoms. The molecule has 0 unspecified atom stereocenters. The molecule has 130 valence electrons. The molecular formula is C16H29N5O2. The molecule has 0 spiro atoms. The second kappa shape index (κ2) is 6.47. The summed E-state index contributed by atoms with van der Waals surface area (Å²) >= 11 is 0. The second-order valence-electron chi connectivity index (χ2n) is 7.91. The monoisotopic (exact) mass is 323 g/mol. The summed E-state index contributed by atoms with van der Waals surface area (Å²) in [7, 11) is 1.84. The first-order chi connectivity index (χ1) is 10.7. The van der Waals surface area contributed by atoms with Gasteiger partial charge in [-0.2, -0.15) is 0 Å². The van der Waals surface area contributed by atoms with Gasteiger partial charge in [0.25, 0.3) is 0 Å². The van der Waals surface area contributed by atoms with Gasteiger partial charge in [-0.1, -0.05) is 20.8 Å². The molecular weight excluding hydrogens is 294 g/mol. The van der Waals surface area contributed by atoms with Gasteiger partial charge in [0.1, 0.15) is 6.33 Å². The first-order valence-corrected chi connectivity index (χ1v) is 8.20. The highest BCUT2D eigenvalue weighted by molar-refractivity contribution is 5.75. The number of rotatable bonds is 4. The number of hydrogen-bond donors (Lipinski definition) is 3. The van der Waals surface area contributed by atoms with Crippen molar-refractivity contribution in [2.75, 3.05) is 6.61 Å². The van der Waals surface area contributed by atoms with Crippen molar-refractivity contribution in [3.63, 3.8) is 0 Å². The van der Waals surface area contributed by atoms with Crippen molar-refractivity contribution in [2.24, 2.45) is 18.4 Å². The Morgan fingerprint density at radius 3 is 2.74 bits per heavy atom. The quantitative estimate of drug-likeness (QED) is 0.787. The molecule has 1 fully saturated rings. The summed E-state index contributed by atoms with van der Waals surface area (Å²) in [6.45, 7) is 8.37. The molecule has 1 aliphatic rings. The third kappa shape index (κ3) is 4.22. The second-order valence-corrected chi connectivity index (χ2v) is 7.91. The molecule has 1 aliphatic carbocycles. The van der Waals surface area contributed by atoms with E-state index in [2.05, 4.69) is 41.6 Å². The van der Waals surface area contributed by atoms with Crippen LogP contribution < -0.4 is 10.6 Å². The van der Waals surface area contributed by atoms with Crippen molar-refractivity contribution < 1.29 is 9.90 Å². The first kappa shape index (κ1) is 17.7. The molecule has 3 atom stereocenters. The van der Waals surface area contributed by atoms with Crippen LogP contribution in [0, 0.1) is 11.3 Å². The van der Waals surface area contributed by atoms with E-state index in [-0.39, 0.29) is 24.1 Å². The zero-order valence-electron chi connectivity index (χ0n) is 14.8. The first-order valence-electron chi connectivity index (χ1n) is 8.20. The third-order valence-corrected chi connectivity index (χ3v) is 4.62. The summed E-state index contributed by atoms with van der Waals surface area (Å²) in [5.41, 5.74) is -0.465. The van der Waals surface area contributed by atoms with E-state index in [0.29, 0.717) is 11.7 Å². The molecule has 1 heterocycles. The van der Waals surface area contributed by atoms with Gasteiger partial charge in [0.2, 0.25) is 0 Å². The van der Waals surface area contributed by atoms with Gasteiger partial charge < -0.3 is 20.3 Å². The van der Waals surface area contributed by atoms with E-state index in [1.807, 2.05) is 14.0 Å². The Labute approximate surface area is 137 Å². The fourth-order valence-electron chi connectivity index (χ4n) is 4.22. The number of urea groups is 1. The van der Waals surface area contributed by atoms with Crippen molar-refractivity contribution in [1.82, 2.24) is 25.4 Å². The van der Waals surface area contributed by atoms with Gasteiger partial charge >= 0.3 is 6.03 Å². The number of aliphatic hydroxyl groups is 1. The van der Waals surface area contributed by atoms with Crippen LogP contribution in [0.25, 0.3) is 0 Å². The summed E-state index contributed by atoms with van der Waals surface area (Å²) < 4.78 is 1.78. The predicted molar refractivity (Wildman–Crippen MR) is 87.7 cm³/mol. The predicted octanol–water partition coefficient (Wildman–Crippen LogP) is 1.75. The number of nitrogens with zero attached hydrogens (tertiary/aromatic N) is 3. The molecule has 2 rings (SSSR count). The van der Waals surface area contributed by atoms with Crippen LogP contribution in [0.4, 0.5) is 4.79 Å². The van der Waals surface area contributed by atoms with Gasteiger partial charge in [-0.3, -0.25) is 0 Å². The van der Waals surface area contributed by atoms with Crippen LogP contribution in [0.3, 0.4) is 0 Å². The lowest BCUT2D eigenvalue weighted by atomic mass is 9.64. The van der Waals surface area contributed by atoms with E-state index in [0.717, 1.165) is 19.3 Å². The van der Waals surface area contributed by atoms with Gasteiger partial charge in [-0.15, -0.1) is 10.2 Å². The molecule has 23 heavy (non-hydrogen) atoms. The van der Waals surface area contributed by atoms with Crippen LogP contribution in [0.5, 0.6) is 0 Å². The van der Waals surface area contributed by atoms with E-state index >= 15 is 0 Å². The maximum Gasteiger partial charge on any atom is 0.315 e. The molecule has 0 aliphatic heterocycles. The average molecular weight is 323 g/mol. The third-order valence-electron chi connectivity index (χ3n) is 4.62. The highest BCUT2D eigenvalue weighted by Crippen LogP contribution is 2.43. The highest BCUT2D eigenvalue weighted by Gasteiger charge is 2.43.